The summed E-state index contributed by atoms with van der Waals surface area (Å²) in [5.74, 6) is 1.06. The van der Waals surface area contributed by atoms with Crippen molar-refractivity contribution in [1.82, 2.24) is 29.8 Å². The summed E-state index contributed by atoms with van der Waals surface area (Å²) in [5.41, 5.74) is 1.18. The second kappa shape index (κ2) is 9.64. The van der Waals surface area contributed by atoms with Crippen molar-refractivity contribution >= 4 is 33.8 Å². The Kier molecular flexibility index (Phi) is 6.69. The average Bonchev–Trinajstić information content (AvgIpc) is 3.43. The zero-order valence-corrected chi connectivity index (χ0v) is 19.5. The molecule has 3 aromatic heterocycles. The number of likely N-dealkylation sites (tertiary alicyclic amines) is 1. The van der Waals surface area contributed by atoms with Gasteiger partial charge in [-0.05, 0) is 26.2 Å². The van der Waals surface area contributed by atoms with E-state index in [2.05, 4.69) is 39.5 Å². The number of fused-ring (bicyclic) bond motifs is 1. The highest BCUT2D eigenvalue weighted by Gasteiger charge is 2.26. The van der Waals surface area contributed by atoms with E-state index in [1.807, 2.05) is 23.4 Å². The number of carbonyl (C=O) groups excluding carboxylic acids is 2. The smallest absolute Gasteiger partial charge is 0.272 e. The summed E-state index contributed by atoms with van der Waals surface area (Å²) in [7, 11) is 0. The number of thiazole rings is 1. The van der Waals surface area contributed by atoms with E-state index in [1.165, 1.54) is 0 Å². The quantitative estimate of drug-likeness (QED) is 0.567. The number of nitrogens with zero attached hydrogens (tertiary/aromatic N) is 5. The predicted octanol–water partition coefficient (Wildman–Crippen LogP) is 3.19. The van der Waals surface area contributed by atoms with Crippen molar-refractivity contribution in [1.29, 1.82) is 0 Å². The van der Waals surface area contributed by atoms with Gasteiger partial charge in [0.15, 0.2) is 5.82 Å². The Morgan fingerprint density at radius 2 is 2.03 bits per heavy atom. The maximum atomic E-state index is 13.3. The summed E-state index contributed by atoms with van der Waals surface area (Å²) in [6.07, 6.45) is 6.52. The van der Waals surface area contributed by atoms with Crippen LogP contribution in [0, 0.1) is 0 Å². The van der Waals surface area contributed by atoms with Gasteiger partial charge in [0.25, 0.3) is 5.91 Å². The molecule has 1 aliphatic heterocycles. The third-order valence-corrected chi connectivity index (χ3v) is 6.68. The molecule has 0 aliphatic carbocycles. The van der Waals surface area contributed by atoms with E-state index in [4.69, 9.17) is 0 Å². The molecule has 10 heteroatoms. The van der Waals surface area contributed by atoms with Crippen LogP contribution in [0.4, 0.5) is 5.82 Å². The van der Waals surface area contributed by atoms with Crippen LogP contribution < -0.4 is 10.6 Å². The van der Waals surface area contributed by atoms with Gasteiger partial charge in [-0.3, -0.25) is 9.59 Å². The van der Waals surface area contributed by atoms with Crippen LogP contribution in [0.1, 0.15) is 56.9 Å². The van der Waals surface area contributed by atoms with Gasteiger partial charge in [0.05, 0.1) is 11.8 Å². The number of aromatic nitrogens is 4. The third kappa shape index (κ3) is 4.74. The highest BCUT2D eigenvalue weighted by Crippen LogP contribution is 2.27. The Labute approximate surface area is 191 Å². The number of anilines is 1. The lowest BCUT2D eigenvalue weighted by Crippen LogP contribution is -2.46. The number of nitrogens with one attached hydrogen (secondary N) is 2. The molecule has 1 atom stereocenters. The van der Waals surface area contributed by atoms with Gasteiger partial charge in [-0.25, -0.2) is 14.5 Å². The highest BCUT2D eigenvalue weighted by atomic mass is 32.1. The Bertz CT molecular complexity index is 1100. The molecule has 1 unspecified atom stereocenters. The van der Waals surface area contributed by atoms with E-state index in [0.29, 0.717) is 36.8 Å². The molecular formula is C22H29N7O2S. The Hall–Kier alpha value is -3.01. The first-order valence-electron chi connectivity index (χ1n) is 11.1. The first-order chi connectivity index (χ1) is 15.5. The summed E-state index contributed by atoms with van der Waals surface area (Å²) in [6.45, 7) is 7.19. The van der Waals surface area contributed by atoms with Crippen LogP contribution in [-0.4, -0.2) is 61.5 Å². The number of piperidine rings is 1. The van der Waals surface area contributed by atoms with Crippen LogP contribution in [0.2, 0.25) is 0 Å². The van der Waals surface area contributed by atoms with Crippen molar-refractivity contribution in [3.8, 4) is 11.4 Å². The van der Waals surface area contributed by atoms with Crippen LogP contribution in [0.5, 0.6) is 0 Å². The SMILES string of the molecule is CCC(=O)NC1CCN(C(=O)c2cc(NC(C)CC)nc(-c3cnn4ccsc34)n2)CC1. The predicted molar refractivity (Wildman–Crippen MR) is 125 cm³/mol. The minimum atomic E-state index is -0.115. The number of hydrogen-bond acceptors (Lipinski definition) is 7. The maximum Gasteiger partial charge on any atom is 0.272 e. The minimum absolute atomic E-state index is 0.0528. The standard InChI is InChI=1S/C22H29N7O2S/c1-4-14(3)24-18-12-17(21(31)28-8-6-15(7-9-28)25-19(30)5-2)26-20(27-18)16-13-23-29-10-11-32-22(16)29/h10-15H,4-9H2,1-3H3,(H,25,30)(H,24,26,27). The summed E-state index contributed by atoms with van der Waals surface area (Å²) in [5, 5.41) is 12.7. The first-order valence-corrected chi connectivity index (χ1v) is 12.0. The Morgan fingerprint density at radius 3 is 2.75 bits per heavy atom. The Morgan fingerprint density at radius 1 is 1.25 bits per heavy atom. The van der Waals surface area contributed by atoms with E-state index in [0.717, 1.165) is 29.7 Å². The van der Waals surface area contributed by atoms with E-state index in [-0.39, 0.29) is 23.9 Å². The van der Waals surface area contributed by atoms with Gasteiger partial charge in [-0.2, -0.15) is 5.10 Å². The fraction of sp³-hybridized carbons (Fsp3) is 0.500. The normalized spacial score (nSPS) is 15.7. The van der Waals surface area contributed by atoms with Gasteiger partial charge < -0.3 is 15.5 Å². The van der Waals surface area contributed by atoms with E-state index in [1.54, 1.807) is 28.1 Å². The van der Waals surface area contributed by atoms with Crippen molar-refractivity contribution < 1.29 is 9.59 Å². The zero-order chi connectivity index (χ0) is 22.7. The second-order valence-corrected chi connectivity index (χ2v) is 9.01. The molecule has 1 fully saturated rings. The summed E-state index contributed by atoms with van der Waals surface area (Å²) in [6, 6.07) is 2.07. The summed E-state index contributed by atoms with van der Waals surface area (Å²) in [4.78, 5) is 37.1. The van der Waals surface area contributed by atoms with E-state index < -0.39 is 0 Å². The van der Waals surface area contributed by atoms with Gasteiger partial charge in [0.2, 0.25) is 5.91 Å². The van der Waals surface area contributed by atoms with Crippen molar-refractivity contribution in [3.63, 3.8) is 0 Å². The van der Waals surface area contributed by atoms with Crippen LogP contribution >= 0.6 is 11.3 Å². The molecule has 32 heavy (non-hydrogen) atoms. The minimum Gasteiger partial charge on any atom is -0.367 e. The van der Waals surface area contributed by atoms with E-state index >= 15 is 0 Å². The number of carbonyl (C=O) groups is 2. The van der Waals surface area contributed by atoms with Gasteiger partial charge >= 0.3 is 0 Å². The average molecular weight is 456 g/mol. The molecule has 3 aromatic rings. The molecule has 2 N–H and O–H groups in total. The van der Waals surface area contributed by atoms with Crippen LogP contribution in [0.25, 0.3) is 16.2 Å². The third-order valence-electron chi connectivity index (χ3n) is 5.79. The lowest BCUT2D eigenvalue weighted by molar-refractivity contribution is -0.121. The lowest BCUT2D eigenvalue weighted by Gasteiger charge is -2.32. The molecule has 0 radical (unpaired) electrons. The second-order valence-electron chi connectivity index (χ2n) is 8.11. The van der Waals surface area contributed by atoms with Gasteiger partial charge in [0.1, 0.15) is 16.3 Å². The molecule has 2 amide bonds. The maximum absolute atomic E-state index is 13.3. The van der Waals surface area contributed by atoms with Crippen molar-refractivity contribution in [2.24, 2.45) is 0 Å². The van der Waals surface area contributed by atoms with Crippen molar-refractivity contribution in [3.05, 3.63) is 29.5 Å². The van der Waals surface area contributed by atoms with Crippen LogP contribution in [0.15, 0.2) is 23.8 Å². The molecule has 1 saturated heterocycles. The molecule has 170 valence electrons. The first kappa shape index (κ1) is 22.2. The molecule has 1 aliphatic rings. The lowest BCUT2D eigenvalue weighted by atomic mass is 10.0. The van der Waals surface area contributed by atoms with Crippen molar-refractivity contribution in [2.45, 2.75) is 58.5 Å². The van der Waals surface area contributed by atoms with Crippen molar-refractivity contribution in [2.75, 3.05) is 18.4 Å². The molecule has 0 saturated carbocycles. The molecule has 9 nitrogen and oxygen atoms in total. The monoisotopic (exact) mass is 455 g/mol. The van der Waals surface area contributed by atoms with Crippen LogP contribution in [0.3, 0.4) is 0 Å². The summed E-state index contributed by atoms with van der Waals surface area (Å²) >= 11 is 1.56. The van der Waals surface area contributed by atoms with E-state index in [9.17, 15) is 9.59 Å². The van der Waals surface area contributed by atoms with Crippen LogP contribution in [-0.2, 0) is 4.79 Å². The number of rotatable bonds is 7. The fourth-order valence-electron chi connectivity index (χ4n) is 3.70. The molecule has 0 aromatic carbocycles. The molecule has 4 rings (SSSR count). The zero-order valence-electron chi connectivity index (χ0n) is 18.7. The Balaban J connectivity index is 1.58. The molecule has 4 heterocycles. The summed E-state index contributed by atoms with van der Waals surface area (Å²) < 4.78 is 1.79. The number of amides is 2. The topological polar surface area (TPSA) is 105 Å². The largest absolute Gasteiger partial charge is 0.367 e. The number of hydrogen-bond donors (Lipinski definition) is 2. The molecule has 0 spiro atoms. The van der Waals surface area contributed by atoms with Gasteiger partial charge in [-0.1, -0.05) is 13.8 Å². The fourth-order valence-corrected chi connectivity index (χ4v) is 4.50. The molecular weight excluding hydrogens is 426 g/mol. The highest BCUT2D eigenvalue weighted by molar-refractivity contribution is 7.16. The van der Waals surface area contributed by atoms with Gasteiger partial charge in [0, 0.05) is 49.2 Å². The van der Waals surface area contributed by atoms with Gasteiger partial charge in [-0.15, -0.1) is 11.3 Å². The molecule has 0 bridgehead atoms.